The third kappa shape index (κ3) is 5.82. The summed E-state index contributed by atoms with van der Waals surface area (Å²) >= 11 is 0. The van der Waals surface area contributed by atoms with Crippen LogP contribution in [0.25, 0.3) is 0 Å². The van der Waals surface area contributed by atoms with E-state index in [9.17, 15) is 0 Å². The van der Waals surface area contributed by atoms with E-state index in [1.54, 1.807) is 9.80 Å². The molecule has 6 aromatic rings. The zero-order chi connectivity index (χ0) is 33.4. The summed E-state index contributed by atoms with van der Waals surface area (Å²) in [6, 6.07) is 59.8. The SMILES string of the molecule is CN(CCN(C)C(=O)C(c1ccccc1)(c1ccccc1)c1ccccc1)C(=O)C(c1ccccc1)(c1ccccc1)c1ccccc1. The molecule has 238 valence electrons. The molecule has 4 heteroatoms. The molecule has 0 aliphatic rings. The molecule has 2 amide bonds. The van der Waals surface area contributed by atoms with E-state index in [1.165, 1.54) is 0 Å². The van der Waals surface area contributed by atoms with Crippen molar-refractivity contribution >= 4 is 11.8 Å². The van der Waals surface area contributed by atoms with Crippen LogP contribution in [0.15, 0.2) is 182 Å². The van der Waals surface area contributed by atoms with Crippen molar-refractivity contribution in [3.05, 3.63) is 215 Å². The van der Waals surface area contributed by atoms with Gasteiger partial charge in [0.25, 0.3) is 0 Å². The van der Waals surface area contributed by atoms with Gasteiger partial charge in [-0.05, 0) is 33.4 Å². The van der Waals surface area contributed by atoms with Gasteiger partial charge in [0, 0.05) is 27.2 Å². The number of hydrogen-bond acceptors (Lipinski definition) is 2. The fourth-order valence-electron chi connectivity index (χ4n) is 6.95. The zero-order valence-electron chi connectivity index (χ0n) is 27.4. The van der Waals surface area contributed by atoms with Crippen LogP contribution in [-0.2, 0) is 20.4 Å². The van der Waals surface area contributed by atoms with Crippen LogP contribution in [0.2, 0.25) is 0 Å². The molecule has 4 nitrogen and oxygen atoms in total. The molecule has 0 saturated heterocycles. The third-order valence-electron chi connectivity index (χ3n) is 9.35. The Kier molecular flexibility index (Phi) is 9.63. The zero-order valence-corrected chi connectivity index (χ0v) is 27.4. The van der Waals surface area contributed by atoms with E-state index in [2.05, 4.69) is 0 Å². The van der Waals surface area contributed by atoms with E-state index in [0.717, 1.165) is 33.4 Å². The van der Waals surface area contributed by atoms with Crippen LogP contribution in [0.5, 0.6) is 0 Å². The van der Waals surface area contributed by atoms with E-state index in [1.807, 2.05) is 196 Å². The monoisotopic (exact) mass is 628 g/mol. The Morgan fingerprint density at radius 2 is 0.521 bits per heavy atom. The van der Waals surface area contributed by atoms with Crippen LogP contribution in [0.3, 0.4) is 0 Å². The highest BCUT2D eigenvalue weighted by molar-refractivity contribution is 5.97. The fourth-order valence-corrected chi connectivity index (χ4v) is 6.95. The van der Waals surface area contributed by atoms with Gasteiger partial charge in [-0.25, -0.2) is 0 Å². The molecule has 0 spiro atoms. The van der Waals surface area contributed by atoms with Crippen molar-refractivity contribution < 1.29 is 9.59 Å². The maximum absolute atomic E-state index is 15.0. The van der Waals surface area contributed by atoms with Crippen molar-refractivity contribution in [3.63, 3.8) is 0 Å². The van der Waals surface area contributed by atoms with E-state index in [4.69, 9.17) is 0 Å². The molecule has 0 N–H and O–H groups in total. The molecule has 48 heavy (non-hydrogen) atoms. The van der Waals surface area contributed by atoms with Gasteiger partial charge >= 0.3 is 0 Å². The fraction of sp³-hybridized carbons (Fsp3) is 0.136. The largest absolute Gasteiger partial charge is 0.343 e. The number of likely N-dealkylation sites (N-methyl/N-ethyl adjacent to an activating group) is 2. The summed E-state index contributed by atoms with van der Waals surface area (Å²) in [7, 11) is 3.67. The smallest absolute Gasteiger partial charge is 0.242 e. The molecule has 0 heterocycles. The maximum atomic E-state index is 15.0. The van der Waals surface area contributed by atoms with Crippen LogP contribution in [0.4, 0.5) is 0 Å². The van der Waals surface area contributed by atoms with Gasteiger partial charge in [0.2, 0.25) is 11.8 Å². The number of carbonyl (C=O) groups is 2. The molecule has 0 fully saturated rings. The quantitative estimate of drug-likeness (QED) is 0.137. The highest BCUT2D eigenvalue weighted by Gasteiger charge is 2.47. The lowest BCUT2D eigenvalue weighted by Gasteiger charge is -2.39. The molecule has 0 bridgehead atoms. The molecule has 0 radical (unpaired) electrons. The van der Waals surface area contributed by atoms with Crippen molar-refractivity contribution in [1.29, 1.82) is 0 Å². The molecular formula is C44H40N2O2. The van der Waals surface area contributed by atoms with E-state index in [-0.39, 0.29) is 11.8 Å². The first-order valence-corrected chi connectivity index (χ1v) is 16.3. The predicted octanol–water partition coefficient (Wildman–Crippen LogP) is 7.97. The summed E-state index contributed by atoms with van der Waals surface area (Å²) in [5.74, 6) is -0.125. The molecule has 0 aromatic heterocycles. The molecule has 0 atom stereocenters. The maximum Gasteiger partial charge on any atom is 0.242 e. The Bertz CT molecular complexity index is 1580. The van der Waals surface area contributed by atoms with Gasteiger partial charge in [-0.1, -0.05) is 182 Å². The Morgan fingerprint density at radius 3 is 0.688 bits per heavy atom. The Morgan fingerprint density at radius 1 is 0.354 bits per heavy atom. The average Bonchev–Trinajstić information content (AvgIpc) is 3.17. The van der Waals surface area contributed by atoms with Gasteiger partial charge in [-0.15, -0.1) is 0 Å². The van der Waals surface area contributed by atoms with Crippen LogP contribution in [0.1, 0.15) is 33.4 Å². The van der Waals surface area contributed by atoms with Gasteiger partial charge in [0.15, 0.2) is 0 Å². The topological polar surface area (TPSA) is 40.6 Å². The molecule has 6 aromatic carbocycles. The second kappa shape index (κ2) is 14.4. The summed E-state index contributed by atoms with van der Waals surface area (Å²) in [6.07, 6.45) is 0. The van der Waals surface area contributed by atoms with Crippen molar-refractivity contribution in [1.82, 2.24) is 9.80 Å². The average molecular weight is 629 g/mol. The standard InChI is InChI=1S/C44H40N2O2/c1-45(41(47)43(35-21-9-3-10-22-35,36-23-11-4-12-24-36)37-25-13-5-14-26-37)33-34-46(2)42(48)44(38-27-15-6-16-28-38,39-29-17-7-18-30-39)40-31-19-8-20-32-40/h3-32H,33-34H2,1-2H3. The molecule has 0 aliphatic carbocycles. The van der Waals surface area contributed by atoms with Gasteiger partial charge in [0.1, 0.15) is 10.8 Å². The van der Waals surface area contributed by atoms with E-state index >= 15 is 9.59 Å². The highest BCUT2D eigenvalue weighted by Crippen LogP contribution is 2.42. The molecule has 0 saturated carbocycles. The van der Waals surface area contributed by atoms with Crippen LogP contribution < -0.4 is 0 Å². The first-order valence-electron chi connectivity index (χ1n) is 16.3. The van der Waals surface area contributed by atoms with Crippen molar-refractivity contribution in [2.45, 2.75) is 10.8 Å². The first kappa shape index (κ1) is 32.2. The van der Waals surface area contributed by atoms with E-state index < -0.39 is 10.8 Å². The molecule has 0 aliphatic heterocycles. The van der Waals surface area contributed by atoms with Gasteiger partial charge < -0.3 is 9.80 Å². The summed E-state index contributed by atoms with van der Waals surface area (Å²) in [5.41, 5.74) is 3.17. The minimum Gasteiger partial charge on any atom is -0.343 e. The minimum atomic E-state index is -1.08. The Labute approximate surface area is 283 Å². The molecule has 6 rings (SSSR count). The van der Waals surface area contributed by atoms with Crippen molar-refractivity contribution in [2.24, 2.45) is 0 Å². The van der Waals surface area contributed by atoms with Gasteiger partial charge in [-0.3, -0.25) is 9.59 Å². The summed E-state index contributed by atoms with van der Waals surface area (Å²) in [6.45, 7) is 0.674. The number of amides is 2. The van der Waals surface area contributed by atoms with E-state index in [0.29, 0.717) is 13.1 Å². The highest BCUT2D eigenvalue weighted by atomic mass is 16.2. The number of benzene rings is 6. The number of carbonyl (C=O) groups excluding carboxylic acids is 2. The van der Waals surface area contributed by atoms with Crippen LogP contribution in [-0.4, -0.2) is 48.8 Å². The summed E-state index contributed by atoms with van der Waals surface area (Å²) in [4.78, 5) is 33.6. The van der Waals surface area contributed by atoms with Crippen LogP contribution in [0, 0.1) is 0 Å². The molecular weight excluding hydrogens is 588 g/mol. The minimum absolute atomic E-state index is 0.0626. The van der Waals surface area contributed by atoms with Crippen LogP contribution >= 0.6 is 0 Å². The normalized spacial score (nSPS) is 11.5. The summed E-state index contributed by atoms with van der Waals surface area (Å²) in [5, 5.41) is 0. The van der Waals surface area contributed by atoms with Gasteiger partial charge in [0.05, 0.1) is 0 Å². The number of rotatable bonds is 11. The lowest BCUT2D eigenvalue weighted by molar-refractivity contribution is -0.137. The summed E-state index contributed by atoms with van der Waals surface area (Å²) < 4.78 is 0. The van der Waals surface area contributed by atoms with Crippen molar-refractivity contribution in [2.75, 3.05) is 27.2 Å². The number of hydrogen-bond donors (Lipinski definition) is 0. The second-order valence-electron chi connectivity index (χ2n) is 12.1. The lowest BCUT2D eigenvalue weighted by atomic mass is 9.68. The Balaban J connectivity index is 1.38. The first-order chi connectivity index (χ1) is 23.5. The predicted molar refractivity (Wildman–Crippen MR) is 194 cm³/mol. The second-order valence-corrected chi connectivity index (χ2v) is 12.1. The molecule has 0 unspecified atom stereocenters. The van der Waals surface area contributed by atoms with Crippen molar-refractivity contribution in [3.8, 4) is 0 Å². The van der Waals surface area contributed by atoms with Gasteiger partial charge in [-0.2, -0.15) is 0 Å². The Hall–Kier alpha value is -5.74. The lowest BCUT2D eigenvalue weighted by Crippen LogP contribution is -2.51. The third-order valence-corrected chi connectivity index (χ3v) is 9.35. The number of nitrogens with zero attached hydrogens (tertiary/aromatic N) is 2.